The lowest BCUT2D eigenvalue weighted by atomic mass is 9.49. The molecule has 3 heteroatoms. The Bertz CT molecular complexity index is 356. The van der Waals surface area contributed by atoms with Crippen LogP contribution in [0.3, 0.4) is 0 Å². The molecule has 134 valence electrons. The molecule has 0 aliphatic heterocycles. The Kier molecular flexibility index (Phi) is 5.40. The normalized spacial score (nSPS) is 37.3. The number of hydrogen-bond acceptors (Lipinski definition) is 2. The molecule has 23 heavy (non-hydrogen) atoms. The second-order valence-electron chi connectivity index (χ2n) is 9.33. The Morgan fingerprint density at radius 2 is 1.57 bits per heavy atom. The summed E-state index contributed by atoms with van der Waals surface area (Å²) in [7, 11) is 2.22. The van der Waals surface area contributed by atoms with Crippen LogP contribution in [0.1, 0.15) is 58.8 Å². The van der Waals surface area contributed by atoms with Crippen molar-refractivity contribution in [3.63, 3.8) is 0 Å². The summed E-state index contributed by atoms with van der Waals surface area (Å²) in [6.45, 7) is 8.71. The van der Waals surface area contributed by atoms with Crippen molar-refractivity contribution in [2.45, 2.75) is 64.9 Å². The molecule has 3 nitrogen and oxygen atoms in total. The van der Waals surface area contributed by atoms with Crippen LogP contribution in [0, 0.1) is 23.2 Å². The van der Waals surface area contributed by atoms with E-state index < -0.39 is 0 Å². The zero-order valence-corrected chi connectivity index (χ0v) is 15.6. The number of quaternary nitrogens is 1. The predicted molar refractivity (Wildman–Crippen MR) is 94.2 cm³/mol. The molecule has 4 rings (SSSR count). The van der Waals surface area contributed by atoms with Gasteiger partial charge >= 0.3 is 0 Å². The van der Waals surface area contributed by atoms with E-state index in [0.717, 1.165) is 48.5 Å². The molecule has 0 aromatic heterocycles. The molecular weight excluding hydrogens is 286 g/mol. The van der Waals surface area contributed by atoms with E-state index >= 15 is 0 Å². The summed E-state index contributed by atoms with van der Waals surface area (Å²) in [4.78, 5) is 0. The number of ether oxygens (including phenoxy) is 1. The molecule has 0 saturated heterocycles. The lowest BCUT2D eigenvalue weighted by Gasteiger charge is -2.57. The lowest BCUT2D eigenvalue weighted by molar-refractivity contribution is -0.909. The van der Waals surface area contributed by atoms with Gasteiger partial charge in [-0.05, 0) is 82.0 Å². The molecule has 4 aliphatic carbocycles. The molecule has 0 radical (unpaired) electrons. The summed E-state index contributed by atoms with van der Waals surface area (Å²) in [5.74, 6) is 3.08. The van der Waals surface area contributed by atoms with Crippen LogP contribution < -0.4 is 0 Å². The molecule has 0 unspecified atom stereocenters. The molecule has 4 bridgehead atoms. The first-order valence-corrected chi connectivity index (χ1v) is 10.1. The molecular formula is C20H38NO2+. The fourth-order valence-corrected chi connectivity index (χ4v) is 6.15. The second-order valence-corrected chi connectivity index (χ2v) is 9.33. The summed E-state index contributed by atoms with van der Waals surface area (Å²) >= 11 is 0. The van der Waals surface area contributed by atoms with Gasteiger partial charge in [0.2, 0.25) is 0 Å². The highest BCUT2D eigenvalue weighted by Gasteiger charge is 2.50. The van der Waals surface area contributed by atoms with Crippen LogP contribution in [0.5, 0.6) is 0 Å². The Hall–Kier alpha value is -0.120. The highest BCUT2D eigenvalue weighted by Crippen LogP contribution is 2.61. The SMILES string of the molecule is CC[N+](C)(CC)C[C@H](O)COCCC12CC3CC(CC(C3)C1)C2. The molecule has 4 fully saturated rings. The zero-order chi connectivity index (χ0) is 16.5. The van der Waals surface area contributed by atoms with Gasteiger partial charge < -0.3 is 14.3 Å². The first-order valence-electron chi connectivity index (χ1n) is 10.1. The third kappa shape index (κ3) is 4.11. The monoisotopic (exact) mass is 324 g/mol. The number of rotatable bonds is 9. The number of nitrogens with zero attached hydrogens (tertiary/aromatic N) is 1. The van der Waals surface area contributed by atoms with Crippen molar-refractivity contribution < 1.29 is 14.3 Å². The highest BCUT2D eigenvalue weighted by molar-refractivity contribution is 5.01. The topological polar surface area (TPSA) is 29.5 Å². The van der Waals surface area contributed by atoms with Crippen LogP contribution in [0.2, 0.25) is 0 Å². The van der Waals surface area contributed by atoms with Crippen molar-refractivity contribution in [3.05, 3.63) is 0 Å². The summed E-state index contributed by atoms with van der Waals surface area (Å²) in [6, 6.07) is 0. The Labute approximate surface area is 143 Å². The smallest absolute Gasteiger partial charge is 0.126 e. The fourth-order valence-electron chi connectivity index (χ4n) is 6.15. The van der Waals surface area contributed by atoms with Gasteiger partial charge in [-0.2, -0.15) is 0 Å². The van der Waals surface area contributed by atoms with Gasteiger partial charge in [-0.25, -0.2) is 0 Å². The first-order chi connectivity index (χ1) is 11.0. The van der Waals surface area contributed by atoms with Gasteiger partial charge in [0.05, 0.1) is 26.7 Å². The minimum Gasteiger partial charge on any atom is -0.385 e. The van der Waals surface area contributed by atoms with Crippen molar-refractivity contribution in [1.82, 2.24) is 0 Å². The molecule has 0 heterocycles. The average molecular weight is 325 g/mol. The number of aliphatic hydroxyl groups is 1. The first kappa shape index (κ1) is 17.7. The minimum absolute atomic E-state index is 0.323. The third-order valence-corrected chi connectivity index (χ3v) is 7.43. The van der Waals surface area contributed by atoms with Crippen molar-refractivity contribution in [3.8, 4) is 0 Å². The van der Waals surface area contributed by atoms with E-state index in [1.54, 1.807) is 0 Å². The second kappa shape index (κ2) is 7.01. The van der Waals surface area contributed by atoms with Crippen molar-refractivity contribution in [2.24, 2.45) is 23.2 Å². The van der Waals surface area contributed by atoms with Gasteiger partial charge in [0.15, 0.2) is 0 Å². The van der Waals surface area contributed by atoms with E-state index in [-0.39, 0.29) is 6.10 Å². The highest BCUT2D eigenvalue weighted by atomic mass is 16.5. The van der Waals surface area contributed by atoms with E-state index in [1.807, 2.05) is 0 Å². The van der Waals surface area contributed by atoms with Crippen LogP contribution in [0.4, 0.5) is 0 Å². The van der Waals surface area contributed by atoms with Crippen molar-refractivity contribution in [1.29, 1.82) is 0 Å². The van der Waals surface area contributed by atoms with Gasteiger partial charge in [-0.15, -0.1) is 0 Å². The molecule has 4 saturated carbocycles. The van der Waals surface area contributed by atoms with Gasteiger partial charge in [0.25, 0.3) is 0 Å². The maximum absolute atomic E-state index is 10.3. The summed E-state index contributed by atoms with van der Waals surface area (Å²) in [5, 5.41) is 10.3. The Morgan fingerprint density at radius 1 is 1.04 bits per heavy atom. The van der Waals surface area contributed by atoms with Crippen molar-refractivity contribution >= 4 is 0 Å². The standard InChI is InChI=1S/C20H38NO2/c1-4-21(3,5-2)14-19(22)15-23-7-6-20-11-16-8-17(12-20)10-18(9-16)13-20/h16-19,22H,4-15H2,1-3H3/q+1/t16?,17?,18?,19-,20?/m0/s1. The number of aliphatic hydroxyl groups excluding tert-OH is 1. The van der Waals surface area contributed by atoms with Gasteiger partial charge in [-0.3, -0.25) is 0 Å². The molecule has 0 aromatic carbocycles. The Balaban J connectivity index is 1.39. The van der Waals surface area contributed by atoms with Crippen LogP contribution in [0.25, 0.3) is 0 Å². The number of likely N-dealkylation sites (N-methyl/N-ethyl adjacent to an activating group) is 1. The van der Waals surface area contributed by atoms with Crippen LogP contribution in [-0.2, 0) is 4.74 Å². The van der Waals surface area contributed by atoms with E-state index in [1.165, 1.54) is 44.9 Å². The quantitative estimate of drug-likeness (QED) is 0.520. The summed E-state index contributed by atoms with van der Waals surface area (Å²) in [6.07, 6.45) is 9.85. The fraction of sp³-hybridized carbons (Fsp3) is 1.00. The molecule has 1 N–H and O–H groups in total. The van der Waals surface area contributed by atoms with E-state index in [4.69, 9.17) is 4.74 Å². The largest absolute Gasteiger partial charge is 0.385 e. The van der Waals surface area contributed by atoms with Gasteiger partial charge in [0.1, 0.15) is 12.6 Å². The van der Waals surface area contributed by atoms with E-state index in [9.17, 15) is 5.11 Å². The number of hydrogen-bond donors (Lipinski definition) is 1. The minimum atomic E-state index is -0.323. The van der Waals surface area contributed by atoms with Crippen LogP contribution >= 0.6 is 0 Å². The summed E-state index contributed by atoms with van der Waals surface area (Å²) < 4.78 is 6.84. The molecule has 0 amide bonds. The maximum atomic E-state index is 10.3. The zero-order valence-electron chi connectivity index (χ0n) is 15.6. The van der Waals surface area contributed by atoms with Crippen molar-refractivity contribution in [2.75, 3.05) is 39.9 Å². The predicted octanol–water partition coefficient (Wildman–Crippen LogP) is 3.46. The Morgan fingerprint density at radius 3 is 2.04 bits per heavy atom. The van der Waals surface area contributed by atoms with Gasteiger partial charge in [-0.1, -0.05) is 0 Å². The van der Waals surface area contributed by atoms with E-state index in [2.05, 4.69) is 20.9 Å². The average Bonchev–Trinajstić information content (AvgIpc) is 2.50. The van der Waals surface area contributed by atoms with Gasteiger partial charge in [0, 0.05) is 6.61 Å². The lowest BCUT2D eigenvalue weighted by Crippen LogP contribution is -2.49. The molecule has 0 spiro atoms. The molecule has 0 aromatic rings. The van der Waals surface area contributed by atoms with Crippen LogP contribution in [0.15, 0.2) is 0 Å². The van der Waals surface area contributed by atoms with E-state index in [0.29, 0.717) is 12.0 Å². The maximum Gasteiger partial charge on any atom is 0.126 e. The van der Waals surface area contributed by atoms with Crippen LogP contribution in [-0.4, -0.2) is 55.6 Å². The molecule has 1 atom stereocenters. The third-order valence-electron chi connectivity index (χ3n) is 7.43. The molecule has 4 aliphatic rings. The summed E-state index contributed by atoms with van der Waals surface area (Å²) in [5.41, 5.74) is 0.608.